The molecule has 0 N–H and O–H groups in total. The molecule has 1 saturated heterocycles. The molecule has 0 spiro atoms. The lowest BCUT2D eigenvalue weighted by Crippen LogP contribution is -2.48. The zero-order valence-electron chi connectivity index (χ0n) is 15.2. The van der Waals surface area contributed by atoms with Crippen molar-refractivity contribution in [3.05, 3.63) is 42.4 Å². The van der Waals surface area contributed by atoms with Crippen molar-refractivity contribution in [3.63, 3.8) is 0 Å². The van der Waals surface area contributed by atoms with E-state index < -0.39 is 15.3 Å². The molecule has 142 valence electrons. The molecule has 1 amide bonds. The number of amides is 1. The summed E-state index contributed by atoms with van der Waals surface area (Å²) in [5.74, 6) is -0.0733. The topological polar surface area (TPSA) is 83.5 Å². The summed E-state index contributed by atoms with van der Waals surface area (Å²) in [6.45, 7) is 2.78. The van der Waals surface area contributed by atoms with Crippen molar-refractivity contribution >= 4 is 21.6 Å². The summed E-state index contributed by atoms with van der Waals surface area (Å²) in [6.07, 6.45) is 7.00. The second-order valence-corrected chi connectivity index (χ2v) is 9.13. The Bertz CT molecular complexity index is 962. The molecule has 0 radical (unpaired) electrons. The Morgan fingerprint density at radius 3 is 2.81 bits per heavy atom. The van der Waals surface area contributed by atoms with Crippen LogP contribution in [0.4, 0.5) is 5.69 Å². The monoisotopic (exact) mass is 386 g/mol. The van der Waals surface area contributed by atoms with Gasteiger partial charge in [0, 0.05) is 44.5 Å². The van der Waals surface area contributed by atoms with Crippen LogP contribution >= 0.6 is 0 Å². The van der Waals surface area contributed by atoms with Crippen LogP contribution in [0.1, 0.15) is 25.3 Å². The van der Waals surface area contributed by atoms with Crippen LogP contribution in [0.2, 0.25) is 0 Å². The van der Waals surface area contributed by atoms with Gasteiger partial charge in [-0.15, -0.1) is 0 Å². The Hall–Kier alpha value is -2.48. The molecule has 4 heterocycles. The number of rotatable bonds is 3. The van der Waals surface area contributed by atoms with E-state index in [0.29, 0.717) is 38.0 Å². The third-order valence-electron chi connectivity index (χ3n) is 5.36. The third kappa shape index (κ3) is 3.18. The Balaban J connectivity index is 1.67. The summed E-state index contributed by atoms with van der Waals surface area (Å²) in [5.41, 5.74) is 3.27. The number of pyridine rings is 2. The third-order valence-corrected chi connectivity index (χ3v) is 7.58. The number of nitrogens with zero attached hydrogens (tertiary/aromatic N) is 4. The molecule has 1 fully saturated rings. The number of anilines is 1. The molecule has 1 unspecified atom stereocenters. The first-order valence-corrected chi connectivity index (χ1v) is 10.6. The maximum atomic E-state index is 13.3. The van der Waals surface area contributed by atoms with Gasteiger partial charge < -0.3 is 4.90 Å². The van der Waals surface area contributed by atoms with Gasteiger partial charge in [0.2, 0.25) is 15.9 Å². The molecule has 0 aliphatic carbocycles. The van der Waals surface area contributed by atoms with Crippen LogP contribution in [0, 0.1) is 0 Å². The van der Waals surface area contributed by atoms with Crippen molar-refractivity contribution < 1.29 is 13.2 Å². The summed E-state index contributed by atoms with van der Waals surface area (Å²) < 4.78 is 28.1. The number of carbonyl (C=O) groups excluding carboxylic acids is 1. The molecule has 8 heteroatoms. The predicted molar refractivity (Wildman–Crippen MR) is 103 cm³/mol. The van der Waals surface area contributed by atoms with E-state index >= 15 is 0 Å². The molecule has 1 atom stereocenters. The second-order valence-electron chi connectivity index (χ2n) is 7.00. The molecule has 2 aliphatic rings. The Kier molecular flexibility index (Phi) is 4.59. The van der Waals surface area contributed by atoms with E-state index in [0.717, 1.165) is 16.8 Å². The van der Waals surface area contributed by atoms with Gasteiger partial charge in [0.15, 0.2) is 0 Å². The predicted octanol–water partition coefficient (Wildman–Crippen LogP) is 1.85. The molecule has 4 rings (SSSR count). The molecular formula is C19H22N4O3S. The van der Waals surface area contributed by atoms with Gasteiger partial charge in [0.25, 0.3) is 0 Å². The fraction of sp³-hybridized carbons (Fsp3) is 0.421. The number of aromatic nitrogens is 2. The molecule has 0 aromatic carbocycles. The van der Waals surface area contributed by atoms with Crippen LogP contribution in [0.3, 0.4) is 0 Å². The van der Waals surface area contributed by atoms with Crippen LogP contribution in [0.25, 0.3) is 11.3 Å². The second kappa shape index (κ2) is 6.92. The van der Waals surface area contributed by atoms with Crippen molar-refractivity contribution in [1.29, 1.82) is 0 Å². The van der Waals surface area contributed by atoms with Gasteiger partial charge in [0.1, 0.15) is 0 Å². The van der Waals surface area contributed by atoms with E-state index in [2.05, 4.69) is 9.97 Å². The van der Waals surface area contributed by atoms with Crippen LogP contribution in [-0.2, 0) is 21.2 Å². The number of likely N-dealkylation sites (tertiary alicyclic amines) is 1. The van der Waals surface area contributed by atoms with E-state index in [1.54, 1.807) is 23.5 Å². The summed E-state index contributed by atoms with van der Waals surface area (Å²) in [6, 6.07) is 5.66. The van der Waals surface area contributed by atoms with Gasteiger partial charge in [0.05, 0.1) is 22.8 Å². The van der Waals surface area contributed by atoms with Crippen molar-refractivity contribution in [2.45, 2.75) is 31.4 Å². The molecule has 2 aromatic heterocycles. The van der Waals surface area contributed by atoms with Crippen LogP contribution in [0.5, 0.6) is 0 Å². The molecule has 2 aliphatic heterocycles. The summed E-state index contributed by atoms with van der Waals surface area (Å²) in [4.78, 5) is 22.0. The number of hydrogen-bond acceptors (Lipinski definition) is 5. The van der Waals surface area contributed by atoms with Crippen molar-refractivity contribution in [1.82, 2.24) is 14.9 Å². The van der Waals surface area contributed by atoms with E-state index in [4.69, 9.17) is 0 Å². The van der Waals surface area contributed by atoms with Crippen molar-refractivity contribution in [3.8, 4) is 11.3 Å². The first-order valence-electron chi connectivity index (χ1n) is 9.14. The number of piperidine rings is 1. The maximum absolute atomic E-state index is 13.3. The summed E-state index contributed by atoms with van der Waals surface area (Å²) >= 11 is 0. The minimum absolute atomic E-state index is 0.0733. The fourth-order valence-corrected chi connectivity index (χ4v) is 5.91. The smallest absolute Gasteiger partial charge is 0.239 e. The van der Waals surface area contributed by atoms with Gasteiger partial charge in [-0.2, -0.15) is 0 Å². The van der Waals surface area contributed by atoms with Crippen LogP contribution in [0.15, 0.2) is 36.8 Å². The van der Waals surface area contributed by atoms with Crippen molar-refractivity contribution in [2.75, 3.05) is 23.9 Å². The van der Waals surface area contributed by atoms with Crippen LogP contribution in [-0.4, -0.2) is 54.1 Å². The Morgan fingerprint density at radius 2 is 2.07 bits per heavy atom. The van der Waals surface area contributed by atoms with Crippen LogP contribution < -0.4 is 4.31 Å². The average Bonchev–Trinajstić information content (AvgIpc) is 3.14. The standard InChI is InChI=1S/C19H22N4O3S/c1-14(24)22-9-4-5-15(13-22)27(25,26)23-10-7-16-17(11-20-12-19(16)23)18-6-2-3-8-21-18/h2-3,6,8,11-12,15H,4-5,7,9-10,13H2,1H3. The first-order chi connectivity index (χ1) is 13.0. The maximum Gasteiger partial charge on any atom is 0.239 e. The van der Waals surface area contributed by atoms with E-state index in [-0.39, 0.29) is 12.5 Å². The van der Waals surface area contributed by atoms with Gasteiger partial charge >= 0.3 is 0 Å². The Morgan fingerprint density at radius 1 is 1.22 bits per heavy atom. The number of carbonyl (C=O) groups is 1. The number of sulfonamides is 1. The average molecular weight is 386 g/mol. The molecule has 0 bridgehead atoms. The van der Waals surface area contributed by atoms with E-state index in [1.165, 1.54) is 11.2 Å². The van der Waals surface area contributed by atoms with Gasteiger partial charge in [-0.05, 0) is 37.0 Å². The van der Waals surface area contributed by atoms with E-state index in [9.17, 15) is 13.2 Å². The molecule has 2 aromatic rings. The zero-order valence-corrected chi connectivity index (χ0v) is 16.0. The normalized spacial score (nSPS) is 19.8. The lowest BCUT2D eigenvalue weighted by molar-refractivity contribution is -0.129. The quantitative estimate of drug-likeness (QED) is 0.804. The fourth-order valence-electron chi connectivity index (χ4n) is 3.94. The SMILES string of the molecule is CC(=O)N1CCCC(S(=O)(=O)N2CCc3c(-c4ccccn4)cncc32)C1. The lowest BCUT2D eigenvalue weighted by atomic mass is 10.0. The minimum Gasteiger partial charge on any atom is -0.342 e. The van der Waals surface area contributed by atoms with Gasteiger partial charge in [-0.1, -0.05) is 6.07 Å². The number of hydrogen-bond donors (Lipinski definition) is 0. The first kappa shape index (κ1) is 17.9. The highest BCUT2D eigenvalue weighted by atomic mass is 32.2. The van der Waals surface area contributed by atoms with Gasteiger partial charge in [-0.25, -0.2) is 8.42 Å². The zero-order chi connectivity index (χ0) is 19.0. The largest absolute Gasteiger partial charge is 0.342 e. The molecular weight excluding hydrogens is 364 g/mol. The molecule has 7 nitrogen and oxygen atoms in total. The highest BCUT2D eigenvalue weighted by molar-refractivity contribution is 7.93. The summed E-state index contributed by atoms with van der Waals surface area (Å²) in [7, 11) is -3.56. The summed E-state index contributed by atoms with van der Waals surface area (Å²) in [5, 5.41) is -0.570. The van der Waals surface area contributed by atoms with E-state index in [1.807, 2.05) is 18.2 Å². The minimum atomic E-state index is -3.56. The van der Waals surface area contributed by atoms with Crippen molar-refractivity contribution in [2.24, 2.45) is 0 Å². The molecule has 27 heavy (non-hydrogen) atoms. The van der Waals surface area contributed by atoms with Gasteiger partial charge in [-0.3, -0.25) is 19.1 Å². The lowest BCUT2D eigenvalue weighted by Gasteiger charge is -2.34. The number of fused-ring (bicyclic) bond motifs is 1. The Labute approximate surface area is 159 Å². The molecule has 0 saturated carbocycles. The highest BCUT2D eigenvalue weighted by Crippen LogP contribution is 2.37. The highest BCUT2D eigenvalue weighted by Gasteiger charge is 2.39.